The van der Waals surface area contributed by atoms with Gasteiger partial charge in [0.15, 0.2) is 0 Å². The molecule has 0 spiro atoms. The summed E-state index contributed by atoms with van der Waals surface area (Å²) in [6.45, 7) is 13.5. The molecule has 2 rings (SSSR count). The standard InChI is InChI=1S/C14H28N2O/c1-13(2)11-16(14(3,4)10-15-13)9-12-7-5-6-8-17-12/h12,15H,5-11H2,1-4H3. The zero-order valence-electron chi connectivity index (χ0n) is 11.9. The van der Waals surface area contributed by atoms with Gasteiger partial charge in [0.05, 0.1) is 6.10 Å². The Morgan fingerprint density at radius 3 is 2.65 bits per heavy atom. The molecule has 0 aliphatic carbocycles. The summed E-state index contributed by atoms with van der Waals surface area (Å²) < 4.78 is 5.88. The maximum absolute atomic E-state index is 5.88. The molecule has 0 aromatic rings. The lowest BCUT2D eigenvalue weighted by Crippen LogP contribution is -2.67. The van der Waals surface area contributed by atoms with E-state index in [0.717, 1.165) is 26.2 Å². The molecule has 2 fully saturated rings. The normalized spacial score (nSPS) is 33.5. The Hall–Kier alpha value is -0.120. The molecule has 1 unspecified atom stereocenters. The van der Waals surface area contributed by atoms with Gasteiger partial charge in [0.1, 0.15) is 0 Å². The molecule has 2 heterocycles. The van der Waals surface area contributed by atoms with Gasteiger partial charge in [-0.15, -0.1) is 0 Å². The molecular formula is C14H28N2O. The zero-order valence-corrected chi connectivity index (χ0v) is 11.9. The SMILES string of the molecule is CC1(C)CN(CC2CCCCO2)C(C)(C)CN1. The van der Waals surface area contributed by atoms with E-state index in [2.05, 4.69) is 37.9 Å². The van der Waals surface area contributed by atoms with Crippen LogP contribution in [-0.2, 0) is 4.74 Å². The molecule has 0 bridgehead atoms. The van der Waals surface area contributed by atoms with Gasteiger partial charge in [0.2, 0.25) is 0 Å². The fourth-order valence-corrected chi connectivity index (χ4v) is 2.82. The van der Waals surface area contributed by atoms with Crippen LogP contribution < -0.4 is 5.32 Å². The number of hydrogen-bond donors (Lipinski definition) is 1. The Kier molecular flexibility index (Phi) is 3.81. The molecule has 2 aliphatic heterocycles. The van der Waals surface area contributed by atoms with E-state index < -0.39 is 0 Å². The van der Waals surface area contributed by atoms with Gasteiger partial charge in [-0.2, -0.15) is 0 Å². The summed E-state index contributed by atoms with van der Waals surface area (Å²) in [5.41, 5.74) is 0.473. The Morgan fingerprint density at radius 2 is 2.00 bits per heavy atom. The summed E-state index contributed by atoms with van der Waals surface area (Å²) in [6.07, 6.45) is 4.27. The number of nitrogens with zero attached hydrogens (tertiary/aromatic N) is 1. The van der Waals surface area contributed by atoms with Crippen molar-refractivity contribution in [2.24, 2.45) is 0 Å². The number of ether oxygens (including phenoxy) is 1. The highest BCUT2D eigenvalue weighted by Gasteiger charge is 2.38. The Bertz CT molecular complexity index is 257. The number of rotatable bonds is 2. The van der Waals surface area contributed by atoms with Crippen molar-refractivity contribution in [3.05, 3.63) is 0 Å². The lowest BCUT2D eigenvalue weighted by Gasteiger charge is -2.50. The third-order valence-corrected chi connectivity index (χ3v) is 4.14. The van der Waals surface area contributed by atoms with Gasteiger partial charge in [-0.1, -0.05) is 0 Å². The van der Waals surface area contributed by atoms with Crippen LogP contribution in [0, 0.1) is 0 Å². The molecule has 2 aliphatic rings. The maximum atomic E-state index is 5.88. The second-order valence-corrected chi connectivity index (χ2v) is 6.92. The van der Waals surface area contributed by atoms with Crippen molar-refractivity contribution in [3.8, 4) is 0 Å². The predicted molar refractivity (Wildman–Crippen MR) is 71.3 cm³/mol. The Balaban J connectivity index is 1.95. The Morgan fingerprint density at radius 1 is 1.24 bits per heavy atom. The highest BCUT2D eigenvalue weighted by atomic mass is 16.5. The van der Waals surface area contributed by atoms with Crippen LogP contribution >= 0.6 is 0 Å². The van der Waals surface area contributed by atoms with Crippen LogP contribution in [0.4, 0.5) is 0 Å². The van der Waals surface area contributed by atoms with Gasteiger partial charge in [-0.05, 0) is 47.0 Å². The van der Waals surface area contributed by atoms with Crippen molar-refractivity contribution in [3.63, 3.8) is 0 Å². The molecule has 1 N–H and O–H groups in total. The summed E-state index contributed by atoms with van der Waals surface area (Å²) >= 11 is 0. The smallest absolute Gasteiger partial charge is 0.0702 e. The monoisotopic (exact) mass is 240 g/mol. The minimum absolute atomic E-state index is 0.226. The lowest BCUT2D eigenvalue weighted by atomic mass is 9.90. The maximum Gasteiger partial charge on any atom is 0.0702 e. The highest BCUT2D eigenvalue weighted by Crippen LogP contribution is 2.25. The van der Waals surface area contributed by atoms with E-state index in [1.54, 1.807) is 0 Å². The molecule has 0 radical (unpaired) electrons. The minimum Gasteiger partial charge on any atom is -0.377 e. The first-order valence-electron chi connectivity index (χ1n) is 7.01. The van der Waals surface area contributed by atoms with Gasteiger partial charge in [0, 0.05) is 37.3 Å². The minimum atomic E-state index is 0.226. The van der Waals surface area contributed by atoms with Gasteiger partial charge >= 0.3 is 0 Å². The van der Waals surface area contributed by atoms with Crippen LogP contribution in [0.5, 0.6) is 0 Å². The summed E-state index contributed by atoms with van der Waals surface area (Å²) in [7, 11) is 0. The molecule has 2 saturated heterocycles. The molecule has 17 heavy (non-hydrogen) atoms. The van der Waals surface area contributed by atoms with Crippen LogP contribution in [0.1, 0.15) is 47.0 Å². The van der Waals surface area contributed by atoms with Crippen LogP contribution in [0.3, 0.4) is 0 Å². The number of hydrogen-bond acceptors (Lipinski definition) is 3. The predicted octanol–water partition coefficient (Wildman–Crippen LogP) is 2.02. The molecule has 0 aromatic heterocycles. The van der Waals surface area contributed by atoms with E-state index in [1.807, 2.05) is 0 Å². The van der Waals surface area contributed by atoms with E-state index in [1.165, 1.54) is 19.3 Å². The molecule has 3 heteroatoms. The molecule has 0 amide bonds. The average Bonchev–Trinajstić information content (AvgIpc) is 2.26. The lowest BCUT2D eigenvalue weighted by molar-refractivity contribution is -0.0452. The molecule has 1 atom stereocenters. The van der Waals surface area contributed by atoms with Gasteiger partial charge in [-0.3, -0.25) is 4.90 Å². The van der Waals surface area contributed by atoms with E-state index >= 15 is 0 Å². The third kappa shape index (κ3) is 3.43. The van der Waals surface area contributed by atoms with Crippen LogP contribution in [0.25, 0.3) is 0 Å². The molecule has 0 aromatic carbocycles. The van der Waals surface area contributed by atoms with Crippen molar-refractivity contribution in [2.45, 2.75) is 64.1 Å². The fourth-order valence-electron chi connectivity index (χ4n) is 2.82. The van der Waals surface area contributed by atoms with Crippen molar-refractivity contribution < 1.29 is 4.74 Å². The number of piperazine rings is 1. The first-order valence-corrected chi connectivity index (χ1v) is 7.01. The molecular weight excluding hydrogens is 212 g/mol. The summed E-state index contributed by atoms with van der Waals surface area (Å²) in [6, 6.07) is 0. The summed E-state index contributed by atoms with van der Waals surface area (Å²) in [5, 5.41) is 3.63. The highest BCUT2D eigenvalue weighted by molar-refractivity contribution is 4.98. The van der Waals surface area contributed by atoms with Gasteiger partial charge < -0.3 is 10.1 Å². The van der Waals surface area contributed by atoms with Crippen molar-refractivity contribution in [1.29, 1.82) is 0 Å². The topological polar surface area (TPSA) is 24.5 Å². The van der Waals surface area contributed by atoms with Crippen LogP contribution in [0.15, 0.2) is 0 Å². The average molecular weight is 240 g/mol. The quantitative estimate of drug-likeness (QED) is 0.799. The zero-order chi connectivity index (χ0) is 12.5. The molecule has 3 nitrogen and oxygen atoms in total. The first-order chi connectivity index (χ1) is 7.89. The van der Waals surface area contributed by atoms with Crippen LogP contribution in [0.2, 0.25) is 0 Å². The summed E-state index contributed by atoms with van der Waals surface area (Å²) in [4.78, 5) is 2.61. The summed E-state index contributed by atoms with van der Waals surface area (Å²) in [5.74, 6) is 0. The van der Waals surface area contributed by atoms with E-state index in [-0.39, 0.29) is 11.1 Å². The first kappa shape index (κ1) is 13.3. The second-order valence-electron chi connectivity index (χ2n) is 6.92. The largest absolute Gasteiger partial charge is 0.377 e. The third-order valence-electron chi connectivity index (χ3n) is 4.14. The van der Waals surface area contributed by atoms with Crippen molar-refractivity contribution >= 4 is 0 Å². The number of nitrogens with one attached hydrogen (secondary N) is 1. The molecule has 0 saturated carbocycles. The van der Waals surface area contributed by atoms with Gasteiger partial charge in [-0.25, -0.2) is 0 Å². The van der Waals surface area contributed by atoms with Crippen molar-refractivity contribution in [1.82, 2.24) is 10.2 Å². The van der Waals surface area contributed by atoms with Gasteiger partial charge in [0.25, 0.3) is 0 Å². The fraction of sp³-hybridized carbons (Fsp3) is 1.00. The second kappa shape index (κ2) is 4.87. The van der Waals surface area contributed by atoms with Crippen molar-refractivity contribution in [2.75, 3.05) is 26.2 Å². The van der Waals surface area contributed by atoms with E-state index in [0.29, 0.717) is 6.10 Å². The van der Waals surface area contributed by atoms with Crippen LogP contribution in [-0.4, -0.2) is 48.3 Å². The molecule has 100 valence electrons. The Labute approximate surface area is 106 Å². The van der Waals surface area contributed by atoms with E-state index in [9.17, 15) is 0 Å². The van der Waals surface area contributed by atoms with E-state index in [4.69, 9.17) is 4.74 Å².